The van der Waals surface area contributed by atoms with Crippen LogP contribution in [0.4, 0.5) is 10.1 Å². The first-order valence-electron chi connectivity index (χ1n) is 13.3. The molecule has 1 atom stereocenters. The summed E-state index contributed by atoms with van der Waals surface area (Å²) in [6, 6.07) is 21.0. The fourth-order valence-corrected chi connectivity index (χ4v) is 6.17. The second-order valence-corrected chi connectivity index (χ2v) is 11.0. The number of nitrogens with zero attached hydrogens (tertiary/aromatic N) is 3. The van der Waals surface area contributed by atoms with E-state index in [2.05, 4.69) is 0 Å². The van der Waals surface area contributed by atoms with Gasteiger partial charge in [0.2, 0.25) is 0 Å². The van der Waals surface area contributed by atoms with Crippen molar-refractivity contribution in [3.63, 3.8) is 0 Å². The van der Waals surface area contributed by atoms with E-state index in [1.165, 1.54) is 47.0 Å². The lowest BCUT2D eigenvalue weighted by Crippen LogP contribution is -2.40. The molecule has 5 aromatic rings. The van der Waals surface area contributed by atoms with Crippen molar-refractivity contribution in [1.82, 2.24) is 4.57 Å². The number of carbonyl (C=O) groups excluding carboxylic acids is 1. The third-order valence-electron chi connectivity index (χ3n) is 6.89. The van der Waals surface area contributed by atoms with E-state index in [9.17, 15) is 24.1 Å². The Labute approximate surface area is 257 Å². The van der Waals surface area contributed by atoms with E-state index in [-0.39, 0.29) is 27.4 Å². The number of benzene rings is 3. The zero-order chi connectivity index (χ0) is 31.0. The summed E-state index contributed by atoms with van der Waals surface area (Å²) in [6.45, 7) is 1.79. The topological polar surface area (TPSA) is 117 Å². The second kappa shape index (κ2) is 11.9. The maximum absolute atomic E-state index is 14.0. The highest BCUT2D eigenvalue weighted by molar-refractivity contribution is 7.07. The molecule has 6 rings (SSSR count). The fourth-order valence-electron chi connectivity index (χ4n) is 4.92. The van der Waals surface area contributed by atoms with Crippen LogP contribution >= 0.6 is 22.9 Å². The Morgan fingerprint density at radius 2 is 1.89 bits per heavy atom. The average Bonchev–Trinajstić information content (AvgIpc) is 3.61. The van der Waals surface area contributed by atoms with Gasteiger partial charge in [0.15, 0.2) is 4.80 Å². The molecule has 3 aromatic carbocycles. The number of hydrogen-bond donors (Lipinski definition) is 0. The van der Waals surface area contributed by atoms with E-state index in [0.29, 0.717) is 38.7 Å². The first-order valence-corrected chi connectivity index (χ1v) is 14.5. The quantitative estimate of drug-likeness (QED) is 0.126. The summed E-state index contributed by atoms with van der Waals surface area (Å²) >= 11 is 7.38. The Hall–Kier alpha value is -5.13. The van der Waals surface area contributed by atoms with Crippen LogP contribution in [0.25, 0.3) is 23.1 Å². The molecule has 1 aliphatic heterocycles. The lowest BCUT2D eigenvalue weighted by atomic mass is 9.93. The monoisotopic (exact) mass is 629 g/mol. The first-order chi connectivity index (χ1) is 21.2. The molecule has 3 heterocycles. The van der Waals surface area contributed by atoms with Gasteiger partial charge in [-0.1, -0.05) is 65.4 Å². The van der Waals surface area contributed by atoms with E-state index in [1.807, 2.05) is 30.3 Å². The highest BCUT2D eigenvalue weighted by Crippen LogP contribution is 2.35. The van der Waals surface area contributed by atoms with Gasteiger partial charge >= 0.3 is 5.97 Å². The Morgan fingerprint density at radius 3 is 2.57 bits per heavy atom. The number of esters is 1. The van der Waals surface area contributed by atoms with E-state index < -0.39 is 28.3 Å². The van der Waals surface area contributed by atoms with Crippen LogP contribution in [0.3, 0.4) is 0 Å². The van der Waals surface area contributed by atoms with Crippen molar-refractivity contribution in [2.24, 2.45) is 4.99 Å². The van der Waals surface area contributed by atoms with E-state index in [1.54, 1.807) is 25.1 Å². The van der Waals surface area contributed by atoms with Gasteiger partial charge in [-0.05, 0) is 42.8 Å². The molecule has 0 bridgehead atoms. The number of hydrogen-bond acceptors (Lipinski definition) is 8. The summed E-state index contributed by atoms with van der Waals surface area (Å²) in [4.78, 5) is 43.1. The number of ether oxygens (including phenoxy) is 1. The molecule has 2 aromatic heterocycles. The summed E-state index contributed by atoms with van der Waals surface area (Å²) in [5.41, 5.74) is 1.49. The van der Waals surface area contributed by atoms with Crippen LogP contribution in [-0.4, -0.2) is 22.1 Å². The normalized spacial score (nSPS) is 14.7. The minimum absolute atomic E-state index is 0.102. The van der Waals surface area contributed by atoms with E-state index in [4.69, 9.17) is 25.7 Å². The molecule has 9 nitrogen and oxygen atoms in total. The molecule has 0 unspecified atom stereocenters. The molecule has 44 heavy (non-hydrogen) atoms. The van der Waals surface area contributed by atoms with Gasteiger partial charge in [0, 0.05) is 29.3 Å². The summed E-state index contributed by atoms with van der Waals surface area (Å²) in [5.74, 6) is -0.433. The third kappa shape index (κ3) is 5.38. The minimum atomic E-state index is -0.950. The first kappa shape index (κ1) is 29.0. The van der Waals surface area contributed by atoms with Crippen molar-refractivity contribution in [3.05, 3.63) is 148 Å². The molecule has 0 radical (unpaired) electrons. The van der Waals surface area contributed by atoms with Crippen LogP contribution < -0.4 is 14.9 Å². The lowest BCUT2D eigenvalue weighted by Gasteiger charge is -2.25. The zero-order valence-corrected chi connectivity index (χ0v) is 24.5. The Kier molecular flexibility index (Phi) is 7.81. The molecule has 12 heteroatoms. The summed E-state index contributed by atoms with van der Waals surface area (Å²) in [6.07, 6.45) is 1.55. The van der Waals surface area contributed by atoms with Gasteiger partial charge in [0.1, 0.15) is 17.3 Å². The molecule has 0 saturated carbocycles. The Morgan fingerprint density at radius 1 is 1.14 bits per heavy atom. The van der Waals surface area contributed by atoms with Crippen LogP contribution in [0.5, 0.6) is 0 Å². The molecule has 0 N–H and O–H groups in total. The van der Waals surface area contributed by atoms with Gasteiger partial charge in [0.05, 0.1) is 38.4 Å². The van der Waals surface area contributed by atoms with Crippen molar-refractivity contribution in [2.75, 3.05) is 6.61 Å². The smallest absolute Gasteiger partial charge is 0.338 e. The van der Waals surface area contributed by atoms with Gasteiger partial charge in [-0.3, -0.25) is 19.5 Å². The van der Waals surface area contributed by atoms with Crippen molar-refractivity contribution in [1.29, 1.82) is 0 Å². The Balaban J connectivity index is 1.52. The third-order valence-corrected chi connectivity index (χ3v) is 8.18. The number of non-ortho nitro benzene ring substituents is 1. The number of aromatic nitrogens is 1. The van der Waals surface area contributed by atoms with Gasteiger partial charge in [-0.2, -0.15) is 0 Å². The number of halogens is 2. The SMILES string of the molecule is CCOC(=O)C1=C(c2ccccc2)N=c2s/c(=C\c3ccc(-c4ccc([N+](=O)[O-])cc4Cl)o3)c(=O)n2[C@H]1c1ccc(F)cc1. The largest absolute Gasteiger partial charge is 0.463 e. The van der Waals surface area contributed by atoms with Gasteiger partial charge < -0.3 is 9.15 Å². The highest BCUT2D eigenvalue weighted by Gasteiger charge is 2.35. The minimum Gasteiger partial charge on any atom is -0.463 e. The molecule has 0 amide bonds. The number of fused-ring (bicyclic) bond motifs is 1. The van der Waals surface area contributed by atoms with Crippen LogP contribution in [0.1, 0.15) is 29.9 Å². The van der Waals surface area contributed by atoms with Crippen LogP contribution in [-0.2, 0) is 9.53 Å². The lowest BCUT2D eigenvalue weighted by molar-refractivity contribution is -0.384. The second-order valence-electron chi connectivity index (χ2n) is 9.61. The molecule has 0 saturated heterocycles. The number of nitro groups is 1. The highest BCUT2D eigenvalue weighted by atomic mass is 35.5. The van der Waals surface area contributed by atoms with Crippen molar-refractivity contribution < 1.29 is 23.3 Å². The number of carbonyl (C=O) groups is 1. The Bertz CT molecular complexity index is 2130. The van der Waals surface area contributed by atoms with Crippen molar-refractivity contribution >= 4 is 46.4 Å². The molecule has 1 aliphatic rings. The van der Waals surface area contributed by atoms with Crippen LogP contribution in [0.15, 0.2) is 105 Å². The maximum atomic E-state index is 14.0. The molecule has 0 fully saturated rings. The van der Waals surface area contributed by atoms with Gasteiger partial charge in [0.25, 0.3) is 11.2 Å². The zero-order valence-electron chi connectivity index (χ0n) is 22.9. The predicted molar refractivity (Wildman–Crippen MR) is 163 cm³/mol. The molecule has 0 spiro atoms. The summed E-state index contributed by atoms with van der Waals surface area (Å²) in [7, 11) is 0. The number of nitro benzene ring substituents is 1. The van der Waals surface area contributed by atoms with Crippen LogP contribution in [0, 0.1) is 15.9 Å². The fraction of sp³-hybridized carbons (Fsp3) is 0.0938. The molecule has 220 valence electrons. The molecular weight excluding hydrogens is 609 g/mol. The van der Waals surface area contributed by atoms with Crippen molar-refractivity contribution in [2.45, 2.75) is 13.0 Å². The summed E-state index contributed by atoms with van der Waals surface area (Å²) in [5, 5.41) is 11.2. The van der Waals surface area contributed by atoms with Gasteiger partial charge in [-0.15, -0.1) is 0 Å². The van der Waals surface area contributed by atoms with Gasteiger partial charge in [-0.25, -0.2) is 14.2 Å². The number of thiazole rings is 1. The van der Waals surface area contributed by atoms with E-state index >= 15 is 0 Å². The maximum Gasteiger partial charge on any atom is 0.338 e. The van der Waals surface area contributed by atoms with E-state index in [0.717, 1.165) is 11.3 Å². The number of rotatable bonds is 7. The summed E-state index contributed by atoms with van der Waals surface area (Å²) < 4.78 is 27.0. The molecular formula is C32H21ClFN3O6S. The van der Waals surface area contributed by atoms with Crippen LogP contribution in [0.2, 0.25) is 5.02 Å². The van der Waals surface area contributed by atoms with Crippen molar-refractivity contribution in [3.8, 4) is 11.3 Å². The standard InChI is InChI=1S/C32H21ClFN3O6S/c1-2-42-31(39)27-28(18-6-4-3-5-7-18)35-32-36(29(27)19-8-10-20(34)11-9-19)30(38)26(44-32)17-22-13-15-25(43-22)23-14-12-21(37(40)41)16-24(23)33/h3-17,29H,2H2,1H3/b26-17-/t29-/m0/s1. The predicted octanol–water partition coefficient (Wildman–Crippen LogP) is 5.90. The average molecular weight is 630 g/mol. The molecule has 0 aliphatic carbocycles. The number of furan rings is 1.